The van der Waals surface area contributed by atoms with Gasteiger partial charge >= 0.3 is 5.97 Å². The van der Waals surface area contributed by atoms with Crippen molar-refractivity contribution < 1.29 is 18.7 Å². The van der Waals surface area contributed by atoms with Crippen LogP contribution in [-0.2, 0) is 34.3 Å². The number of esters is 1. The van der Waals surface area contributed by atoms with Crippen LogP contribution in [0, 0.1) is 39.0 Å². The molecule has 1 N–H and O–H groups in total. The number of anilines is 1. The van der Waals surface area contributed by atoms with Gasteiger partial charge in [-0.3, -0.25) is 14.3 Å². The maximum Gasteiger partial charge on any atom is 0.306 e. The number of ether oxygens (including phenoxy) is 1. The van der Waals surface area contributed by atoms with Crippen molar-refractivity contribution in [1.29, 1.82) is 5.26 Å². The van der Waals surface area contributed by atoms with Crippen LogP contribution in [0.5, 0.6) is 0 Å². The molecule has 1 amide bonds. The second-order valence-electron chi connectivity index (χ2n) is 7.69. The Morgan fingerprint density at radius 1 is 1.25 bits per heavy atom. The molecule has 0 aliphatic heterocycles. The molecule has 0 unspecified atom stereocenters. The first-order valence-electron chi connectivity index (χ1n) is 10.3. The van der Waals surface area contributed by atoms with E-state index in [9.17, 15) is 14.9 Å². The minimum absolute atomic E-state index is 0.150. The molecule has 32 heavy (non-hydrogen) atoms. The SMILES string of the molecule is Cc1nn(C)c(C)c1CCC(=O)OCC(=O)Nc1c(C#N)c(C)c(C)n1Cc1ccco1. The Hall–Kier alpha value is -3.80. The lowest BCUT2D eigenvalue weighted by Gasteiger charge is -2.12. The minimum atomic E-state index is -0.512. The number of hydrogen-bond donors (Lipinski definition) is 1. The average molecular weight is 438 g/mol. The molecule has 9 nitrogen and oxygen atoms in total. The maximum absolute atomic E-state index is 12.5. The summed E-state index contributed by atoms with van der Waals surface area (Å²) in [4.78, 5) is 24.7. The third-order valence-electron chi connectivity index (χ3n) is 5.70. The van der Waals surface area contributed by atoms with Gasteiger partial charge in [-0.15, -0.1) is 0 Å². The first-order chi connectivity index (χ1) is 15.2. The lowest BCUT2D eigenvalue weighted by molar-refractivity contribution is -0.147. The average Bonchev–Trinajstić information content (AvgIpc) is 3.41. The van der Waals surface area contributed by atoms with Gasteiger partial charge in [0, 0.05) is 24.9 Å². The summed E-state index contributed by atoms with van der Waals surface area (Å²) in [7, 11) is 1.86. The summed E-state index contributed by atoms with van der Waals surface area (Å²) in [5.74, 6) is 0.0699. The van der Waals surface area contributed by atoms with E-state index in [1.807, 2.05) is 40.8 Å². The van der Waals surface area contributed by atoms with Crippen molar-refractivity contribution in [3.05, 3.63) is 57.9 Å². The highest BCUT2D eigenvalue weighted by Crippen LogP contribution is 2.27. The van der Waals surface area contributed by atoms with Gasteiger partial charge in [-0.1, -0.05) is 0 Å². The highest BCUT2D eigenvalue weighted by molar-refractivity contribution is 5.93. The number of rotatable bonds is 8. The van der Waals surface area contributed by atoms with E-state index >= 15 is 0 Å². The van der Waals surface area contributed by atoms with Gasteiger partial charge < -0.3 is 19.0 Å². The normalized spacial score (nSPS) is 10.8. The van der Waals surface area contributed by atoms with E-state index in [-0.39, 0.29) is 6.42 Å². The summed E-state index contributed by atoms with van der Waals surface area (Å²) in [6, 6.07) is 5.74. The van der Waals surface area contributed by atoms with Gasteiger partial charge in [-0.2, -0.15) is 10.4 Å². The maximum atomic E-state index is 12.5. The van der Waals surface area contributed by atoms with Gasteiger partial charge in [0.15, 0.2) is 6.61 Å². The number of nitriles is 1. The predicted octanol–water partition coefficient (Wildman–Crippen LogP) is 3.08. The van der Waals surface area contributed by atoms with Gasteiger partial charge in [-0.25, -0.2) is 0 Å². The number of furan rings is 1. The van der Waals surface area contributed by atoms with Crippen LogP contribution in [0.3, 0.4) is 0 Å². The van der Waals surface area contributed by atoms with Crippen LogP contribution in [0.4, 0.5) is 5.82 Å². The van der Waals surface area contributed by atoms with Crippen LogP contribution >= 0.6 is 0 Å². The van der Waals surface area contributed by atoms with Gasteiger partial charge in [-0.05, 0) is 57.4 Å². The largest absolute Gasteiger partial charge is 0.467 e. The molecule has 0 spiro atoms. The van der Waals surface area contributed by atoms with Gasteiger partial charge in [0.1, 0.15) is 17.6 Å². The Bertz CT molecular complexity index is 1180. The highest BCUT2D eigenvalue weighted by Gasteiger charge is 2.21. The number of amides is 1. The molecule has 0 fully saturated rings. The van der Waals surface area contributed by atoms with Crippen molar-refractivity contribution in [3.63, 3.8) is 0 Å². The summed E-state index contributed by atoms with van der Waals surface area (Å²) >= 11 is 0. The molecule has 9 heteroatoms. The van der Waals surface area contributed by atoms with E-state index in [0.29, 0.717) is 30.1 Å². The molecule has 0 atom stereocenters. The fraction of sp³-hybridized carbons (Fsp3) is 0.391. The van der Waals surface area contributed by atoms with E-state index < -0.39 is 18.5 Å². The Balaban J connectivity index is 1.62. The number of aromatic nitrogens is 3. The molecule has 3 rings (SSSR count). The zero-order valence-electron chi connectivity index (χ0n) is 19.0. The number of nitrogens with one attached hydrogen (secondary N) is 1. The molecule has 3 aromatic heterocycles. The van der Waals surface area contributed by atoms with Gasteiger partial charge in [0.2, 0.25) is 0 Å². The molecule has 0 bridgehead atoms. The Morgan fingerprint density at radius 2 is 2.00 bits per heavy atom. The van der Waals surface area contributed by atoms with Crippen LogP contribution in [-0.4, -0.2) is 32.8 Å². The second kappa shape index (κ2) is 9.56. The van der Waals surface area contributed by atoms with Crippen LogP contribution < -0.4 is 5.32 Å². The number of nitrogens with zero attached hydrogens (tertiary/aromatic N) is 4. The number of hydrogen-bond acceptors (Lipinski definition) is 6. The van der Waals surface area contributed by atoms with Crippen LogP contribution in [0.25, 0.3) is 0 Å². The molecule has 3 heterocycles. The monoisotopic (exact) mass is 437 g/mol. The smallest absolute Gasteiger partial charge is 0.306 e. The van der Waals surface area contributed by atoms with Crippen molar-refractivity contribution in [1.82, 2.24) is 14.3 Å². The topological polar surface area (TPSA) is 115 Å². The number of aryl methyl sites for hydroxylation is 2. The Labute approximate surface area is 186 Å². The van der Waals surface area contributed by atoms with Gasteiger partial charge in [0.25, 0.3) is 5.91 Å². The highest BCUT2D eigenvalue weighted by atomic mass is 16.5. The lowest BCUT2D eigenvalue weighted by Crippen LogP contribution is -2.23. The van der Waals surface area contributed by atoms with E-state index in [2.05, 4.69) is 16.5 Å². The van der Waals surface area contributed by atoms with Crippen LogP contribution in [0.2, 0.25) is 0 Å². The molecular formula is C23H27N5O4. The third kappa shape index (κ3) is 4.75. The van der Waals surface area contributed by atoms with Crippen molar-refractivity contribution in [2.24, 2.45) is 7.05 Å². The molecule has 0 radical (unpaired) electrons. The van der Waals surface area contributed by atoms with Crippen molar-refractivity contribution in [2.45, 2.75) is 47.1 Å². The summed E-state index contributed by atoms with van der Waals surface area (Å²) < 4.78 is 14.1. The molecule has 168 valence electrons. The zero-order chi connectivity index (χ0) is 23.4. The second-order valence-corrected chi connectivity index (χ2v) is 7.69. The van der Waals surface area contributed by atoms with Crippen molar-refractivity contribution in [3.8, 4) is 6.07 Å². The Kier molecular flexibility index (Phi) is 6.83. The number of carbonyl (C=O) groups excluding carboxylic acids is 2. The first-order valence-corrected chi connectivity index (χ1v) is 10.3. The van der Waals surface area contributed by atoms with Crippen LogP contribution in [0.1, 0.15) is 46.0 Å². The minimum Gasteiger partial charge on any atom is -0.467 e. The standard InChI is InChI=1S/C23H27N5O4/c1-14-16(3)28(12-18-7-6-10-31-18)23(20(14)11-24)25-21(29)13-32-22(30)9-8-19-15(2)26-27(5)17(19)4/h6-7,10H,8-9,12-13H2,1-5H3,(H,25,29). The summed E-state index contributed by atoms with van der Waals surface area (Å²) in [6.07, 6.45) is 2.21. The summed E-state index contributed by atoms with van der Waals surface area (Å²) in [6.45, 7) is 7.47. The first kappa shape index (κ1) is 22.9. The zero-order valence-corrected chi connectivity index (χ0v) is 19.0. The predicted molar refractivity (Wildman–Crippen MR) is 117 cm³/mol. The lowest BCUT2D eigenvalue weighted by atomic mass is 10.1. The van der Waals surface area contributed by atoms with Crippen LogP contribution in [0.15, 0.2) is 22.8 Å². The molecule has 0 aliphatic rings. The van der Waals surface area contributed by atoms with E-state index in [4.69, 9.17) is 9.15 Å². The number of carbonyl (C=O) groups is 2. The molecule has 0 aromatic carbocycles. The molecule has 3 aromatic rings. The summed E-state index contributed by atoms with van der Waals surface area (Å²) in [5, 5.41) is 16.6. The summed E-state index contributed by atoms with van der Waals surface area (Å²) in [5.41, 5.74) is 4.87. The van der Waals surface area contributed by atoms with E-state index in [1.54, 1.807) is 21.6 Å². The third-order valence-corrected chi connectivity index (χ3v) is 5.70. The molecule has 0 aliphatic carbocycles. The van der Waals surface area contributed by atoms with Crippen molar-refractivity contribution >= 4 is 17.7 Å². The fourth-order valence-corrected chi connectivity index (χ4v) is 3.68. The quantitative estimate of drug-likeness (QED) is 0.542. The fourth-order valence-electron chi connectivity index (χ4n) is 3.68. The van der Waals surface area contributed by atoms with E-state index in [1.165, 1.54) is 0 Å². The van der Waals surface area contributed by atoms with Crippen molar-refractivity contribution in [2.75, 3.05) is 11.9 Å². The molecule has 0 saturated carbocycles. The Morgan fingerprint density at radius 3 is 2.59 bits per heavy atom. The molecular weight excluding hydrogens is 410 g/mol. The molecule has 0 saturated heterocycles. The van der Waals surface area contributed by atoms with Gasteiger partial charge in [0.05, 0.1) is 24.1 Å². The van der Waals surface area contributed by atoms with E-state index in [0.717, 1.165) is 28.2 Å².